The maximum Gasteiger partial charge on any atom is 0.252 e. The second-order valence-electron chi connectivity index (χ2n) is 4.79. The molecule has 0 amide bonds. The fourth-order valence-corrected chi connectivity index (χ4v) is 4.90. The van der Waals surface area contributed by atoms with E-state index in [9.17, 15) is 8.42 Å². The van der Waals surface area contributed by atoms with Crippen molar-refractivity contribution in [3.05, 3.63) is 46.6 Å². The van der Waals surface area contributed by atoms with E-state index in [2.05, 4.69) is 4.98 Å². The molecular formula is C14H18N2O2S2. The summed E-state index contributed by atoms with van der Waals surface area (Å²) in [7, 11) is -1.86. The van der Waals surface area contributed by atoms with Gasteiger partial charge in [-0.3, -0.25) is 4.98 Å². The summed E-state index contributed by atoms with van der Waals surface area (Å²) in [5.74, 6) is 0. The van der Waals surface area contributed by atoms with Crippen molar-refractivity contribution in [2.45, 2.75) is 31.0 Å². The quantitative estimate of drug-likeness (QED) is 0.871. The summed E-state index contributed by atoms with van der Waals surface area (Å²) in [6.07, 6.45) is 3.37. The molecular weight excluding hydrogens is 292 g/mol. The summed E-state index contributed by atoms with van der Waals surface area (Å²) >= 11 is 1.32. The molecule has 0 aliphatic rings. The summed E-state index contributed by atoms with van der Waals surface area (Å²) < 4.78 is 27.0. The smallest absolute Gasteiger partial charge is 0.252 e. The van der Waals surface area contributed by atoms with Crippen molar-refractivity contribution >= 4 is 21.4 Å². The third-order valence-corrected chi connectivity index (χ3v) is 7.02. The molecule has 20 heavy (non-hydrogen) atoms. The summed E-state index contributed by atoms with van der Waals surface area (Å²) in [6, 6.07) is 5.18. The van der Waals surface area contributed by atoms with Crippen LogP contribution in [0, 0.1) is 13.8 Å². The molecule has 2 heterocycles. The van der Waals surface area contributed by atoms with Crippen molar-refractivity contribution in [1.82, 2.24) is 9.29 Å². The molecule has 2 rings (SSSR count). The van der Waals surface area contributed by atoms with E-state index in [1.165, 1.54) is 15.6 Å². The van der Waals surface area contributed by atoms with Gasteiger partial charge in [-0.1, -0.05) is 6.07 Å². The van der Waals surface area contributed by atoms with Crippen LogP contribution in [0.3, 0.4) is 0 Å². The van der Waals surface area contributed by atoms with Gasteiger partial charge in [-0.15, -0.1) is 11.3 Å². The number of hydrogen-bond acceptors (Lipinski definition) is 4. The van der Waals surface area contributed by atoms with Gasteiger partial charge in [0.1, 0.15) is 4.21 Å². The molecule has 0 saturated heterocycles. The monoisotopic (exact) mass is 310 g/mol. The van der Waals surface area contributed by atoms with Gasteiger partial charge in [-0.2, -0.15) is 4.31 Å². The summed E-state index contributed by atoms with van der Waals surface area (Å²) in [5.41, 5.74) is 1.89. The van der Waals surface area contributed by atoms with Crippen LogP contribution in [0.15, 0.2) is 34.8 Å². The Balaban J connectivity index is 2.34. The maximum atomic E-state index is 12.6. The van der Waals surface area contributed by atoms with Gasteiger partial charge in [0.25, 0.3) is 10.0 Å². The molecule has 108 valence electrons. The van der Waals surface area contributed by atoms with Crippen LogP contribution in [-0.4, -0.2) is 24.8 Å². The van der Waals surface area contributed by atoms with E-state index in [1.807, 2.05) is 32.9 Å². The van der Waals surface area contributed by atoms with Gasteiger partial charge >= 0.3 is 0 Å². The van der Waals surface area contributed by atoms with Gasteiger partial charge in [-0.25, -0.2) is 8.42 Å². The minimum absolute atomic E-state index is 0.253. The molecule has 1 unspecified atom stereocenters. The molecule has 0 radical (unpaired) electrons. The number of hydrogen-bond donors (Lipinski definition) is 0. The summed E-state index contributed by atoms with van der Waals surface area (Å²) in [4.78, 5) is 5.08. The van der Waals surface area contributed by atoms with E-state index < -0.39 is 10.0 Å². The Kier molecular flexibility index (Phi) is 4.27. The predicted octanol–water partition coefficient (Wildman–Crippen LogP) is 3.14. The maximum absolute atomic E-state index is 12.6. The summed E-state index contributed by atoms with van der Waals surface area (Å²) in [5, 5.41) is 0. The van der Waals surface area contributed by atoms with E-state index in [4.69, 9.17) is 0 Å². The highest BCUT2D eigenvalue weighted by molar-refractivity contribution is 7.91. The number of aryl methyl sites for hydroxylation is 2. The number of nitrogens with zero attached hydrogens (tertiary/aromatic N) is 2. The largest absolute Gasteiger partial charge is 0.264 e. The Bertz CT molecular complexity index is 674. The molecule has 1 atom stereocenters. The normalized spacial score (nSPS) is 13.7. The fourth-order valence-electron chi connectivity index (χ4n) is 1.85. The SMILES string of the molecule is Cc1cc(S(=O)(=O)N(C)C(C)c2cccnc2)sc1C. The molecule has 0 N–H and O–H groups in total. The first-order valence-electron chi connectivity index (χ1n) is 6.29. The molecule has 0 saturated carbocycles. The Morgan fingerprint density at radius 3 is 2.55 bits per heavy atom. The van der Waals surface area contributed by atoms with Crippen LogP contribution in [0.1, 0.15) is 29.0 Å². The zero-order chi connectivity index (χ0) is 14.9. The number of pyridine rings is 1. The van der Waals surface area contributed by atoms with Gasteiger partial charge < -0.3 is 0 Å². The second-order valence-corrected chi connectivity index (χ2v) is 8.27. The number of thiophene rings is 1. The van der Waals surface area contributed by atoms with Crippen LogP contribution < -0.4 is 0 Å². The van der Waals surface area contributed by atoms with Crippen molar-refractivity contribution in [2.24, 2.45) is 0 Å². The van der Waals surface area contributed by atoms with Crippen LogP contribution in [-0.2, 0) is 10.0 Å². The molecule has 0 bridgehead atoms. The number of rotatable bonds is 4. The van der Waals surface area contributed by atoms with Crippen LogP contribution >= 0.6 is 11.3 Å². The Morgan fingerprint density at radius 2 is 2.05 bits per heavy atom. The molecule has 0 fully saturated rings. The van der Waals surface area contributed by atoms with Crippen molar-refractivity contribution in [2.75, 3.05) is 7.05 Å². The van der Waals surface area contributed by atoms with Crippen molar-refractivity contribution < 1.29 is 8.42 Å². The minimum Gasteiger partial charge on any atom is -0.264 e. The molecule has 0 aliphatic carbocycles. The van der Waals surface area contributed by atoms with E-state index in [-0.39, 0.29) is 6.04 Å². The molecule has 6 heteroatoms. The van der Waals surface area contributed by atoms with Gasteiger partial charge in [-0.05, 0) is 44.0 Å². The lowest BCUT2D eigenvalue weighted by molar-refractivity contribution is 0.399. The average Bonchev–Trinajstić information content (AvgIpc) is 2.78. The molecule has 4 nitrogen and oxygen atoms in total. The highest BCUT2D eigenvalue weighted by Gasteiger charge is 2.28. The number of sulfonamides is 1. The molecule has 0 spiro atoms. The predicted molar refractivity (Wildman–Crippen MR) is 81.4 cm³/mol. The zero-order valence-electron chi connectivity index (χ0n) is 12.0. The van der Waals surface area contributed by atoms with Gasteiger partial charge in [0, 0.05) is 30.4 Å². The Labute approximate surface area is 124 Å². The van der Waals surface area contributed by atoms with Gasteiger partial charge in [0.05, 0.1) is 0 Å². The van der Waals surface area contributed by atoms with Crippen molar-refractivity contribution in [3.63, 3.8) is 0 Å². The molecule has 0 aromatic carbocycles. The van der Waals surface area contributed by atoms with Crippen molar-refractivity contribution in [3.8, 4) is 0 Å². The van der Waals surface area contributed by atoms with Crippen LogP contribution in [0.5, 0.6) is 0 Å². The first-order valence-corrected chi connectivity index (χ1v) is 8.54. The van der Waals surface area contributed by atoms with Crippen LogP contribution in [0.2, 0.25) is 0 Å². The van der Waals surface area contributed by atoms with E-state index >= 15 is 0 Å². The second kappa shape index (κ2) is 5.63. The Hall–Kier alpha value is -1.24. The van der Waals surface area contributed by atoms with Crippen LogP contribution in [0.25, 0.3) is 0 Å². The molecule has 2 aromatic heterocycles. The van der Waals surface area contributed by atoms with Crippen molar-refractivity contribution in [1.29, 1.82) is 0 Å². The average molecular weight is 310 g/mol. The minimum atomic E-state index is -3.46. The lowest BCUT2D eigenvalue weighted by Crippen LogP contribution is -2.29. The first kappa shape index (κ1) is 15.2. The number of aromatic nitrogens is 1. The van der Waals surface area contributed by atoms with Gasteiger partial charge in [0.2, 0.25) is 0 Å². The zero-order valence-corrected chi connectivity index (χ0v) is 13.6. The topological polar surface area (TPSA) is 50.3 Å². The first-order chi connectivity index (χ1) is 9.34. The third-order valence-electron chi connectivity index (χ3n) is 3.49. The van der Waals surface area contributed by atoms with E-state index in [0.717, 1.165) is 16.0 Å². The lowest BCUT2D eigenvalue weighted by Gasteiger charge is -2.23. The van der Waals surface area contributed by atoms with Gasteiger partial charge in [0.15, 0.2) is 0 Å². The molecule has 2 aromatic rings. The van der Waals surface area contributed by atoms with E-state index in [1.54, 1.807) is 25.5 Å². The lowest BCUT2D eigenvalue weighted by atomic mass is 10.1. The highest BCUT2D eigenvalue weighted by Crippen LogP contribution is 2.31. The van der Waals surface area contributed by atoms with E-state index in [0.29, 0.717) is 4.21 Å². The van der Waals surface area contributed by atoms with Crippen LogP contribution in [0.4, 0.5) is 0 Å². The Morgan fingerprint density at radius 1 is 1.35 bits per heavy atom. The summed E-state index contributed by atoms with van der Waals surface area (Å²) in [6.45, 7) is 5.72. The standard InChI is InChI=1S/C14H18N2O2S2/c1-10-8-14(19-12(10)3)20(17,18)16(4)11(2)13-6-5-7-15-9-13/h5-9,11H,1-4H3. The molecule has 0 aliphatic heterocycles. The third kappa shape index (κ3) is 2.77. The highest BCUT2D eigenvalue weighted by atomic mass is 32.2. The fraction of sp³-hybridized carbons (Fsp3) is 0.357.